The number of para-hydroxylation sites is 1. The first-order chi connectivity index (χ1) is 12.1. The van der Waals surface area contributed by atoms with Gasteiger partial charge in [0.1, 0.15) is 5.75 Å². The molecule has 144 valence electrons. The fourth-order valence-corrected chi connectivity index (χ4v) is 2.52. The van der Waals surface area contributed by atoms with E-state index in [9.17, 15) is 0 Å². The van der Waals surface area contributed by atoms with Crippen molar-refractivity contribution in [2.75, 3.05) is 26.7 Å². The summed E-state index contributed by atoms with van der Waals surface area (Å²) in [4.78, 5) is 6.81. The SMILES string of the molecule is CCNC(=NCCCOc1ccccc1C)N(C)Cc1cnn(C)c1.I. The molecule has 0 saturated heterocycles. The Balaban J connectivity index is 0.00000338. The zero-order chi connectivity index (χ0) is 18.1. The van der Waals surface area contributed by atoms with Crippen molar-refractivity contribution >= 4 is 29.9 Å². The minimum absolute atomic E-state index is 0. The number of hydrogen-bond donors (Lipinski definition) is 1. The van der Waals surface area contributed by atoms with E-state index in [0.29, 0.717) is 6.61 Å². The second-order valence-corrected chi connectivity index (χ2v) is 6.08. The van der Waals surface area contributed by atoms with E-state index in [1.54, 1.807) is 0 Å². The Morgan fingerprint density at radius 3 is 2.77 bits per heavy atom. The fourth-order valence-electron chi connectivity index (χ4n) is 2.52. The Bertz CT molecular complexity index is 686. The molecule has 26 heavy (non-hydrogen) atoms. The van der Waals surface area contributed by atoms with Gasteiger partial charge in [0.15, 0.2) is 5.96 Å². The van der Waals surface area contributed by atoms with Gasteiger partial charge in [-0.3, -0.25) is 9.67 Å². The van der Waals surface area contributed by atoms with Crippen LogP contribution >= 0.6 is 24.0 Å². The highest BCUT2D eigenvalue weighted by Crippen LogP contribution is 2.16. The average Bonchev–Trinajstić information content (AvgIpc) is 3.00. The third-order valence-corrected chi connectivity index (χ3v) is 3.79. The number of aliphatic imine (C=N–C) groups is 1. The number of halogens is 1. The van der Waals surface area contributed by atoms with E-state index in [2.05, 4.69) is 35.2 Å². The van der Waals surface area contributed by atoms with E-state index >= 15 is 0 Å². The summed E-state index contributed by atoms with van der Waals surface area (Å²) >= 11 is 0. The lowest BCUT2D eigenvalue weighted by Gasteiger charge is -2.21. The Hall–Kier alpha value is -1.77. The highest BCUT2D eigenvalue weighted by atomic mass is 127. The molecule has 2 rings (SSSR count). The van der Waals surface area contributed by atoms with E-state index in [4.69, 9.17) is 9.73 Å². The fraction of sp³-hybridized carbons (Fsp3) is 0.474. The van der Waals surface area contributed by atoms with Crippen molar-refractivity contribution in [3.63, 3.8) is 0 Å². The average molecular weight is 471 g/mol. The van der Waals surface area contributed by atoms with Gasteiger partial charge in [-0.15, -0.1) is 24.0 Å². The van der Waals surface area contributed by atoms with Gasteiger partial charge in [0.25, 0.3) is 0 Å². The quantitative estimate of drug-likeness (QED) is 0.278. The maximum atomic E-state index is 5.82. The first kappa shape index (κ1) is 22.3. The van der Waals surface area contributed by atoms with Crippen molar-refractivity contribution < 1.29 is 4.74 Å². The van der Waals surface area contributed by atoms with Crippen molar-refractivity contribution in [3.8, 4) is 5.75 Å². The Labute approximate surface area is 173 Å². The van der Waals surface area contributed by atoms with Gasteiger partial charge in [0.2, 0.25) is 0 Å². The molecule has 0 fully saturated rings. The summed E-state index contributed by atoms with van der Waals surface area (Å²) in [6.07, 6.45) is 4.79. The first-order valence-electron chi connectivity index (χ1n) is 8.75. The van der Waals surface area contributed by atoms with Crippen molar-refractivity contribution in [1.29, 1.82) is 0 Å². The zero-order valence-electron chi connectivity index (χ0n) is 16.1. The second kappa shape index (κ2) is 11.8. The van der Waals surface area contributed by atoms with Gasteiger partial charge < -0.3 is 15.0 Å². The summed E-state index contributed by atoms with van der Waals surface area (Å²) in [5.74, 6) is 1.86. The van der Waals surface area contributed by atoms with Crippen LogP contribution in [-0.2, 0) is 13.6 Å². The Morgan fingerprint density at radius 1 is 1.35 bits per heavy atom. The number of benzene rings is 1. The second-order valence-electron chi connectivity index (χ2n) is 6.08. The maximum Gasteiger partial charge on any atom is 0.193 e. The molecule has 1 aromatic carbocycles. The Kier molecular flexibility index (Phi) is 10.1. The molecule has 0 atom stereocenters. The molecule has 2 aromatic rings. The molecule has 0 aliphatic carbocycles. The number of nitrogens with one attached hydrogen (secondary N) is 1. The van der Waals surface area contributed by atoms with Crippen molar-refractivity contribution in [3.05, 3.63) is 47.8 Å². The van der Waals surface area contributed by atoms with E-state index in [-0.39, 0.29) is 24.0 Å². The van der Waals surface area contributed by atoms with Crippen LogP contribution in [0.2, 0.25) is 0 Å². The summed E-state index contributed by atoms with van der Waals surface area (Å²) in [7, 11) is 3.97. The van der Waals surface area contributed by atoms with Crippen LogP contribution in [0, 0.1) is 6.92 Å². The van der Waals surface area contributed by atoms with Gasteiger partial charge in [-0.2, -0.15) is 5.10 Å². The van der Waals surface area contributed by atoms with Gasteiger partial charge >= 0.3 is 0 Å². The molecular weight excluding hydrogens is 441 g/mol. The molecule has 1 heterocycles. The molecular formula is C19H30IN5O. The van der Waals surface area contributed by atoms with Crippen LogP contribution in [0.25, 0.3) is 0 Å². The van der Waals surface area contributed by atoms with Crippen molar-refractivity contribution in [2.24, 2.45) is 12.0 Å². The van der Waals surface area contributed by atoms with Gasteiger partial charge in [0, 0.05) is 51.9 Å². The van der Waals surface area contributed by atoms with Crippen LogP contribution < -0.4 is 10.1 Å². The normalized spacial score (nSPS) is 11.0. The van der Waals surface area contributed by atoms with Gasteiger partial charge in [-0.1, -0.05) is 18.2 Å². The number of nitrogens with zero attached hydrogens (tertiary/aromatic N) is 4. The van der Waals surface area contributed by atoms with Crippen LogP contribution in [0.3, 0.4) is 0 Å². The van der Waals surface area contributed by atoms with Crippen molar-refractivity contribution in [1.82, 2.24) is 20.0 Å². The minimum Gasteiger partial charge on any atom is -0.493 e. The molecule has 0 spiro atoms. The Morgan fingerprint density at radius 2 is 2.12 bits per heavy atom. The zero-order valence-corrected chi connectivity index (χ0v) is 18.4. The topological polar surface area (TPSA) is 54.7 Å². The smallest absolute Gasteiger partial charge is 0.193 e. The largest absolute Gasteiger partial charge is 0.493 e. The minimum atomic E-state index is 0. The first-order valence-corrected chi connectivity index (χ1v) is 8.75. The number of aromatic nitrogens is 2. The summed E-state index contributed by atoms with van der Waals surface area (Å²) in [5.41, 5.74) is 2.33. The van der Waals surface area contributed by atoms with Crippen LogP contribution in [-0.4, -0.2) is 47.4 Å². The molecule has 0 saturated carbocycles. The van der Waals surface area contributed by atoms with Gasteiger partial charge in [0.05, 0.1) is 12.8 Å². The van der Waals surface area contributed by atoms with Crippen LogP contribution in [0.1, 0.15) is 24.5 Å². The summed E-state index contributed by atoms with van der Waals surface area (Å²) < 4.78 is 7.64. The van der Waals surface area contributed by atoms with Crippen molar-refractivity contribution in [2.45, 2.75) is 26.8 Å². The molecule has 6 nitrogen and oxygen atoms in total. The number of guanidine groups is 1. The third kappa shape index (κ3) is 7.23. The predicted molar refractivity (Wildman–Crippen MR) is 117 cm³/mol. The number of rotatable bonds is 8. The molecule has 0 amide bonds. The van der Waals surface area contributed by atoms with Crippen LogP contribution in [0.5, 0.6) is 5.75 Å². The van der Waals surface area contributed by atoms with Gasteiger partial charge in [-0.25, -0.2) is 0 Å². The summed E-state index contributed by atoms with van der Waals surface area (Å²) in [6.45, 7) is 7.15. The number of ether oxygens (including phenoxy) is 1. The molecule has 0 aliphatic heterocycles. The molecule has 0 unspecified atom stereocenters. The molecule has 7 heteroatoms. The summed E-state index contributed by atoms with van der Waals surface area (Å²) in [5, 5.41) is 7.55. The molecule has 0 aliphatic rings. The highest BCUT2D eigenvalue weighted by Gasteiger charge is 2.07. The molecule has 0 bridgehead atoms. The number of hydrogen-bond acceptors (Lipinski definition) is 3. The molecule has 1 aromatic heterocycles. The van der Waals surface area contributed by atoms with Crippen LogP contribution in [0.4, 0.5) is 0 Å². The van der Waals surface area contributed by atoms with E-state index in [1.165, 1.54) is 5.56 Å². The van der Waals surface area contributed by atoms with Gasteiger partial charge in [-0.05, 0) is 25.5 Å². The van der Waals surface area contributed by atoms with E-state index in [1.807, 2.05) is 49.4 Å². The molecule has 0 radical (unpaired) electrons. The number of aryl methyl sites for hydroxylation is 2. The van der Waals surface area contributed by atoms with E-state index in [0.717, 1.165) is 43.3 Å². The van der Waals surface area contributed by atoms with Crippen LogP contribution in [0.15, 0.2) is 41.7 Å². The lowest BCUT2D eigenvalue weighted by molar-refractivity contribution is 0.311. The standard InChI is InChI=1S/C19H29N5O.HI/c1-5-20-19(23(3)14-17-13-22-24(4)15-17)21-11-8-12-25-18-10-7-6-9-16(18)2;/h6-7,9-10,13,15H,5,8,11-12,14H2,1-4H3,(H,20,21);1H. The predicted octanol–water partition coefficient (Wildman–Crippen LogP) is 3.21. The van der Waals surface area contributed by atoms with E-state index < -0.39 is 0 Å². The lowest BCUT2D eigenvalue weighted by Crippen LogP contribution is -2.38. The highest BCUT2D eigenvalue weighted by molar-refractivity contribution is 14.0. The molecule has 1 N–H and O–H groups in total. The summed E-state index contributed by atoms with van der Waals surface area (Å²) in [6, 6.07) is 8.08. The lowest BCUT2D eigenvalue weighted by atomic mass is 10.2. The third-order valence-electron chi connectivity index (χ3n) is 3.79. The maximum absolute atomic E-state index is 5.82. The monoisotopic (exact) mass is 471 g/mol.